The van der Waals surface area contributed by atoms with Gasteiger partial charge in [-0.05, 0) is 10.6 Å². The maximum absolute atomic E-state index is 6.39. The van der Waals surface area contributed by atoms with Crippen LogP contribution < -0.4 is 15.9 Å². The number of rotatable bonds is 3. The summed E-state index contributed by atoms with van der Waals surface area (Å²) < 4.78 is 0. The molecule has 0 atom stereocenters. The van der Waals surface area contributed by atoms with Crippen molar-refractivity contribution in [3.05, 3.63) is 113 Å². The van der Waals surface area contributed by atoms with Gasteiger partial charge in [-0.1, -0.05) is 78.6 Å². The van der Waals surface area contributed by atoms with E-state index in [0.717, 1.165) is 5.30 Å². The molecule has 0 aliphatic carbocycles. The SMILES string of the molecule is Clc1cc[c-](P(c2ccccc2)c2ccccc2)c1Cl.[Fe+2].[Ni].c1cc[cH-]c1. The van der Waals surface area contributed by atoms with Crippen LogP contribution in [0.4, 0.5) is 0 Å². The number of hydrogen-bond donors (Lipinski definition) is 0. The Morgan fingerprint density at radius 2 is 1.19 bits per heavy atom. The van der Waals surface area contributed by atoms with Gasteiger partial charge in [0.05, 0.1) is 0 Å². The Morgan fingerprint density at radius 1 is 0.704 bits per heavy atom. The molecule has 5 heteroatoms. The van der Waals surface area contributed by atoms with Gasteiger partial charge < -0.3 is 0 Å². The van der Waals surface area contributed by atoms with E-state index in [4.69, 9.17) is 23.2 Å². The Kier molecular flexibility index (Phi) is 11.3. The number of hydrogen-bond acceptors (Lipinski definition) is 0. The molecule has 27 heavy (non-hydrogen) atoms. The Labute approximate surface area is 192 Å². The minimum atomic E-state index is -0.662. The van der Waals surface area contributed by atoms with Crippen molar-refractivity contribution in [2.24, 2.45) is 0 Å². The van der Waals surface area contributed by atoms with E-state index in [-0.39, 0.29) is 33.6 Å². The maximum atomic E-state index is 6.39. The second kappa shape index (κ2) is 12.6. The molecule has 4 aromatic rings. The van der Waals surface area contributed by atoms with Crippen molar-refractivity contribution < 1.29 is 33.6 Å². The summed E-state index contributed by atoms with van der Waals surface area (Å²) in [6, 6.07) is 34.8. The first kappa shape index (κ1) is 24.2. The van der Waals surface area contributed by atoms with Crippen molar-refractivity contribution in [2.45, 2.75) is 0 Å². The van der Waals surface area contributed by atoms with Crippen LogP contribution in [0.3, 0.4) is 0 Å². The zero-order valence-corrected chi connectivity index (χ0v) is 18.7. The zero-order chi connectivity index (χ0) is 17.5. The minimum absolute atomic E-state index is 0. The maximum Gasteiger partial charge on any atom is 2.00 e. The van der Waals surface area contributed by atoms with Crippen LogP contribution in [0.25, 0.3) is 0 Å². The molecule has 0 nitrogen and oxygen atoms in total. The van der Waals surface area contributed by atoms with E-state index in [1.54, 1.807) is 0 Å². The predicted molar refractivity (Wildman–Crippen MR) is 113 cm³/mol. The van der Waals surface area contributed by atoms with Crippen LogP contribution in [-0.4, -0.2) is 0 Å². The quantitative estimate of drug-likeness (QED) is 0.189. The molecule has 0 bridgehead atoms. The largest absolute Gasteiger partial charge is 2.00 e. The second-order valence-electron chi connectivity index (χ2n) is 5.35. The second-order valence-corrected chi connectivity index (χ2v) is 8.32. The summed E-state index contributed by atoms with van der Waals surface area (Å²) in [5.74, 6) is 0. The van der Waals surface area contributed by atoms with E-state index < -0.39 is 7.92 Å². The number of halogens is 2. The van der Waals surface area contributed by atoms with Crippen LogP contribution >= 0.6 is 31.1 Å². The summed E-state index contributed by atoms with van der Waals surface area (Å²) in [5.41, 5.74) is 0. The van der Waals surface area contributed by atoms with Crippen molar-refractivity contribution in [1.82, 2.24) is 0 Å². The summed E-state index contributed by atoms with van der Waals surface area (Å²) in [5, 5.41) is 4.96. The Bertz CT molecular complexity index is 821. The summed E-state index contributed by atoms with van der Waals surface area (Å²) in [6.45, 7) is 0. The van der Waals surface area contributed by atoms with Crippen molar-refractivity contribution in [1.29, 1.82) is 0 Å². The van der Waals surface area contributed by atoms with Crippen LogP contribution in [0.5, 0.6) is 0 Å². The van der Waals surface area contributed by atoms with E-state index in [1.165, 1.54) is 10.6 Å². The molecule has 0 heterocycles. The monoisotopic (exact) mass is 496 g/mol. The summed E-state index contributed by atoms with van der Waals surface area (Å²) in [6.07, 6.45) is 0. The van der Waals surface area contributed by atoms with Gasteiger partial charge in [-0.15, -0.1) is 16.9 Å². The molecule has 0 aliphatic heterocycles. The standard InChI is InChI=1S/C17H12Cl2P.C5H5.Fe.Ni/c18-15-11-12-16(17(15)19)20(13-7-3-1-4-8-13)14-9-5-2-6-10-14;1-2-4-5-3-1;;/h1-12H;1-5H;;/q2*-1;+2;. The molecule has 4 rings (SSSR count). The topological polar surface area (TPSA) is 0 Å². The third-order valence-electron chi connectivity index (χ3n) is 3.65. The van der Waals surface area contributed by atoms with Gasteiger partial charge in [0, 0.05) is 16.5 Å². The molecule has 142 valence electrons. The van der Waals surface area contributed by atoms with Gasteiger partial charge in [-0.2, -0.15) is 41.9 Å². The Morgan fingerprint density at radius 3 is 1.52 bits per heavy atom. The molecule has 0 unspecified atom stereocenters. The molecular weight excluding hydrogens is 481 g/mol. The first-order chi connectivity index (χ1) is 12.3. The normalized spacial score (nSPS) is 9.59. The van der Waals surface area contributed by atoms with Crippen molar-refractivity contribution in [3.63, 3.8) is 0 Å². The zero-order valence-electron chi connectivity index (χ0n) is 14.2. The average Bonchev–Trinajstić information content (AvgIpc) is 3.34. The predicted octanol–water partition coefficient (Wildman–Crippen LogP) is 5.87. The van der Waals surface area contributed by atoms with Gasteiger partial charge in [0.1, 0.15) is 0 Å². The third-order valence-corrected chi connectivity index (χ3v) is 7.08. The van der Waals surface area contributed by atoms with Gasteiger partial charge >= 0.3 is 17.1 Å². The summed E-state index contributed by atoms with van der Waals surface area (Å²) in [7, 11) is -0.662. The molecule has 0 spiro atoms. The molecular formula is C22H17Cl2FeNiP. The van der Waals surface area contributed by atoms with E-state index in [9.17, 15) is 0 Å². The molecule has 0 N–H and O–H groups in total. The fraction of sp³-hybridized carbons (Fsp3) is 0. The van der Waals surface area contributed by atoms with E-state index in [0.29, 0.717) is 10.0 Å². The van der Waals surface area contributed by atoms with Crippen LogP contribution in [-0.2, 0) is 33.6 Å². The van der Waals surface area contributed by atoms with Crippen molar-refractivity contribution in [2.75, 3.05) is 0 Å². The number of benzene rings is 2. The average molecular weight is 498 g/mol. The van der Waals surface area contributed by atoms with Crippen LogP contribution in [0.2, 0.25) is 10.0 Å². The van der Waals surface area contributed by atoms with Gasteiger partial charge in [-0.25, -0.2) is 12.1 Å². The van der Waals surface area contributed by atoms with E-state index in [2.05, 4.69) is 48.5 Å². The van der Waals surface area contributed by atoms with Gasteiger partial charge in [0.25, 0.3) is 0 Å². The first-order valence-electron chi connectivity index (χ1n) is 7.95. The summed E-state index contributed by atoms with van der Waals surface area (Å²) >= 11 is 12.5. The molecule has 0 saturated carbocycles. The molecule has 0 fully saturated rings. The van der Waals surface area contributed by atoms with E-state index in [1.807, 2.05) is 54.6 Å². The van der Waals surface area contributed by atoms with Crippen LogP contribution in [0, 0.1) is 0 Å². The van der Waals surface area contributed by atoms with Crippen molar-refractivity contribution >= 4 is 47.0 Å². The molecule has 0 aromatic heterocycles. The van der Waals surface area contributed by atoms with Crippen LogP contribution in [0.15, 0.2) is 103 Å². The Hall–Kier alpha value is -0.837. The minimum Gasteiger partial charge on any atom is -0.214 e. The third kappa shape index (κ3) is 6.62. The van der Waals surface area contributed by atoms with Gasteiger partial charge in [0.15, 0.2) is 0 Å². The molecule has 0 aliphatic rings. The van der Waals surface area contributed by atoms with Gasteiger partial charge in [0.2, 0.25) is 0 Å². The van der Waals surface area contributed by atoms with Crippen molar-refractivity contribution in [3.8, 4) is 0 Å². The van der Waals surface area contributed by atoms with Crippen LogP contribution in [0.1, 0.15) is 0 Å². The smallest absolute Gasteiger partial charge is 0.214 e. The molecule has 0 saturated heterocycles. The Balaban J connectivity index is 0.000000455. The molecule has 0 radical (unpaired) electrons. The first-order valence-corrected chi connectivity index (χ1v) is 10.0. The molecule has 0 amide bonds. The van der Waals surface area contributed by atoms with Gasteiger partial charge in [-0.3, -0.25) is 0 Å². The van der Waals surface area contributed by atoms with E-state index >= 15 is 0 Å². The fourth-order valence-corrected chi connectivity index (χ4v) is 5.44. The summed E-state index contributed by atoms with van der Waals surface area (Å²) in [4.78, 5) is 0. The fourth-order valence-electron chi connectivity index (χ4n) is 2.50. The molecule has 4 aromatic carbocycles.